The third-order valence-corrected chi connectivity index (χ3v) is 4.26. The van der Waals surface area contributed by atoms with Gasteiger partial charge in [0.15, 0.2) is 5.78 Å². The number of aryl methyl sites for hydroxylation is 1. The molecule has 0 aliphatic rings. The molecule has 3 rings (SSSR count). The van der Waals surface area contributed by atoms with Crippen LogP contribution in [0.4, 0.5) is 5.69 Å². The summed E-state index contributed by atoms with van der Waals surface area (Å²) in [6, 6.07) is 12.3. The molecule has 0 atom stereocenters. The minimum atomic E-state index is -0.192. The van der Waals surface area contributed by atoms with Gasteiger partial charge in [-0.15, -0.1) is 11.3 Å². The van der Waals surface area contributed by atoms with Gasteiger partial charge in [0.2, 0.25) is 0 Å². The zero-order valence-electron chi connectivity index (χ0n) is 12.2. The van der Waals surface area contributed by atoms with E-state index in [2.05, 4.69) is 10.3 Å². The number of fused-ring (bicyclic) bond motifs is 1. The fourth-order valence-electron chi connectivity index (χ4n) is 2.18. The van der Waals surface area contributed by atoms with Crippen LogP contribution in [-0.2, 0) is 0 Å². The molecule has 110 valence electrons. The maximum absolute atomic E-state index is 12.3. The quantitative estimate of drug-likeness (QED) is 0.742. The summed E-state index contributed by atoms with van der Waals surface area (Å²) in [5, 5.41) is 3.80. The van der Waals surface area contributed by atoms with Crippen LogP contribution < -0.4 is 5.32 Å². The normalized spacial score (nSPS) is 10.6. The summed E-state index contributed by atoms with van der Waals surface area (Å²) in [6.07, 6.45) is 0. The molecule has 0 unspecified atom stereocenters. The number of anilines is 1. The highest BCUT2D eigenvalue weighted by Crippen LogP contribution is 2.23. The van der Waals surface area contributed by atoms with E-state index < -0.39 is 0 Å². The first-order valence-electron chi connectivity index (χ1n) is 6.82. The predicted octanol–water partition coefficient (Wildman–Crippen LogP) is 4.06. The number of Topliss-reactive ketones (excluding diaryl/α,β-unsaturated/α-hetero) is 1. The fourth-order valence-corrected chi connectivity index (χ4v) is 2.98. The number of thiazole rings is 1. The number of hydrogen-bond acceptors (Lipinski definition) is 4. The number of ketones is 1. The molecule has 0 spiro atoms. The number of nitrogens with one attached hydrogen (secondary N) is 1. The van der Waals surface area contributed by atoms with Crippen LogP contribution in [0.25, 0.3) is 10.2 Å². The van der Waals surface area contributed by atoms with Gasteiger partial charge in [-0.2, -0.15) is 0 Å². The van der Waals surface area contributed by atoms with Crippen molar-refractivity contribution in [3.05, 3.63) is 58.6 Å². The topological polar surface area (TPSA) is 59.1 Å². The molecule has 1 heterocycles. The van der Waals surface area contributed by atoms with Crippen molar-refractivity contribution in [1.82, 2.24) is 4.98 Å². The second-order valence-corrected chi connectivity index (χ2v) is 6.24. The van der Waals surface area contributed by atoms with E-state index in [0.29, 0.717) is 16.8 Å². The number of carbonyl (C=O) groups is 2. The molecule has 1 amide bonds. The van der Waals surface area contributed by atoms with Gasteiger partial charge in [-0.05, 0) is 56.3 Å². The number of nitrogens with zero attached hydrogens (tertiary/aromatic N) is 1. The van der Waals surface area contributed by atoms with Gasteiger partial charge >= 0.3 is 0 Å². The van der Waals surface area contributed by atoms with Gasteiger partial charge in [-0.25, -0.2) is 4.98 Å². The Labute approximate surface area is 131 Å². The SMILES string of the molecule is CC(=O)c1ccc(NC(=O)c2ccc3sc(C)nc3c2)cc1. The molecule has 0 radical (unpaired) electrons. The van der Waals surface area contributed by atoms with Crippen molar-refractivity contribution < 1.29 is 9.59 Å². The molecule has 5 heteroatoms. The maximum Gasteiger partial charge on any atom is 0.255 e. The molecule has 1 N–H and O–H groups in total. The zero-order valence-corrected chi connectivity index (χ0v) is 13.0. The van der Waals surface area contributed by atoms with Crippen LogP contribution in [0.3, 0.4) is 0 Å². The van der Waals surface area contributed by atoms with Gasteiger partial charge in [0, 0.05) is 16.8 Å². The molecule has 0 bridgehead atoms. The lowest BCUT2D eigenvalue weighted by atomic mass is 10.1. The van der Waals surface area contributed by atoms with E-state index in [9.17, 15) is 9.59 Å². The first-order valence-corrected chi connectivity index (χ1v) is 7.64. The van der Waals surface area contributed by atoms with Gasteiger partial charge in [0.1, 0.15) is 0 Å². The van der Waals surface area contributed by atoms with Gasteiger partial charge in [-0.1, -0.05) is 0 Å². The van der Waals surface area contributed by atoms with Crippen LogP contribution in [0.1, 0.15) is 32.6 Å². The molecule has 0 saturated carbocycles. The lowest BCUT2D eigenvalue weighted by molar-refractivity contribution is 0.101. The number of benzene rings is 2. The molecule has 0 aliphatic carbocycles. The highest BCUT2D eigenvalue weighted by molar-refractivity contribution is 7.18. The Bertz CT molecular complexity index is 866. The van der Waals surface area contributed by atoms with Crippen LogP contribution in [0.2, 0.25) is 0 Å². The van der Waals surface area contributed by atoms with Crippen molar-refractivity contribution in [2.45, 2.75) is 13.8 Å². The molecule has 0 fully saturated rings. The second kappa shape index (κ2) is 5.69. The molecule has 0 saturated heterocycles. The molecular formula is C17H14N2O2S. The Hall–Kier alpha value is -2.53. The van der Waals surface area contributed by atoms with Crippen molar-refractivity contribution in [2.24, 2.45) is 0 Å². The minimum absolute atomic E-state index is 0.00206. The number of amides is 1. The average Bonchev–Trinajstić information content (AvgIpc) is 2.86. The average molecular weight is 310 g/mol. The largest absolute Gasteiger partial charge is 0.322 e. The maximum atomic E-state index is 12.3. The second-order valence-electron chi connectivity index (χ2n) is 5.00. The first-order chi connectivity index (χ1) is 10.5. The molecule has 3 aromatic rings. The third kappa shape index (κ3) is 2.89. The summed E-state index contributed by atoms with van der Waals surface area (Å²) >= 11 is 1.61. The molecule has 4 nitrogen and oxygen atoms in total. The van der Waals surface area contributed by atoms with Crippen molar-refractivity contribution in [2.75, 3.05) is 5.32 Å². The van der Waals surface area contributed by atoms with E-state index in [4.69, 9.17) is 0 Å². The molecular weight excluding hydrogens is 296 g/mol. The minimum Gasteiger partial charge on any atom is -0.322 e. The number of hydrogen-bond donors (Lipinski definition) is 1. The summed E-state index contributed by atoms with van der Waals surface area (Å²) in [5.41, 5.74) is 2.68. The van der Waals surface area contributed by atoms with Crippen LogP contribution in [-0.4, -0.2) is 16.7 Å². The van der Waals surface area contributed by atoms with Gasteiger partial charge < -0.3 is 5.32 Å². The molecule has 22 heavy (non-hydrogen) atoms. The Kier molecular flexibility index (Phi) is 3.73. The van der Waals surface area contributed by atoms with Crippen LogP contribution in [0.15, 0.2) is 42.5 Å². The lowest BCUT2D eigenvalue weighted by Crippen LogP contribution is -2.11. The number of carbonyl (C=O) groups excluding carboxylic acids is 2. The fraction of sp³-hybridized carbons (Fsp3) is 0.118. The first kappa shape index (κ1) is 14.4. The lowest BCUT2D eigenvalue weighted by Gasteiger charge is -2.06. The molecule has 0 aliphatic heterocycles. The van der Waals surface area contributed by atoms with Crippen LogP contribution in [0.5, 0.6) is 0 Å². The van der Waals surface area contributed by atoms with Gasteiger partial charge in [-0.3, -0.25) is 9.59 Å². The summed E-state index contributed by atoms with van der Waals surface area (Å²) in [5.74, 6) is -0.189. The summed E-state index contributed by atoms with van der Waals surface area (Å²) in [7, 11) is 0. The number of rotatable bonds is 3. The standard InChI is InChI=1S/C17H14N2O2S/c1-10(20)12-3-6-14(7-4-12)19-17(21)13-5-8-16-15(9-13)18-11(2)22-16/h3-9H,1-2H3,(H,19,21). The van der Waals surface area contributed by atoms with Crippen molar-refractivity contribution in [3.63, 3.8) is 0 Å². The van der Waals surface area contributed by atoms with E-state index >= 15 is 0 Å². The van der Waals surface area contributed by atoms with Gasteiger partial charge in [0.25, 0.3) is 5.91 Å². The zero-order chi connectivity index (χ0) is 15.7. The Morgan fingerprint density at radius 1 is 1.05 bits per heavy atom. The smallest absolute Gasteiger partial charge is 0.255 e. The van der Waals surface area contributed by atoms with Crippen molar-refractivity contribution in [3.8, 4) is 0 Å². The van der Waals surface area contributed by atoms with Crippen LogP contribution in [0, 0.1) is 6.92 Å². The predicted molar refractivity (Wildman–Crippen MR) is 88.8 cm³/mol. The molecule has 2 aromatic carbocycles. The van der Waals surface area contributed by atoms with E-state index in [1.54, 1.807) is 47.7 Å². The Balaban J connectivity index is 1.81. The third-order valence-electron chi connectivity index (χ3n) is 3.31. The Morgan fingerprint density at radius 3 is 2.41 bits per heavy atom. The van der Waals surface area contributed by atoms with Crippen molar-refractivity contribution >= 4 is 38.9 Å². The van der Waals surface area contributed by atoms with E-state index in [1.165, 1.54) is 6.92 Å². The van der Waals surface area contributed by atoms with Crippen molar-refractivity contribution in [1.29, 1.82) is 0 Å². The summed E-state index contributed by atoms with van der Waals surface area (Å²) in [4.78, 5) is 27.9. The highest BCUT2D eigenvalue weighted by Gasteiger charge is 2.09. The Morgan fingerprint density at radius 2 is 1.73 bits per heavy atom. The van der Waals surface area contributed by atoms with E-state index in [1.807, 2.05) is 13.0 Å². The van der Waals surface area contributed by atoms with E-state index in [0.717, 1.165) is 15.2 Å². The summed E-state index contributed by atoms with van der Waals surface area (Å²) < 4.78 is 1.07. The monoisotopic (exact) mass is 310 g/mol. The van der Waals surface area contributed by atoms with Crippen LogP contribution >= 0.6 is 11.3 Å². The number of aromatic nitrogens is 1. The highest BCUT2D eigenvalue weighted by atomic mass is 32.1. The molecule has 1 aromatic heterocycles. The van der Waals surface area contributed by atoms with Gasteiger partial charge in [0.05, 0.1) is 15.2 Å². The summed E-state index contributed by atoms with van der Waals surface area (Å²) in [6.45, 7) is 3.46. The van der Waals surface area contributed by atoms with E-state index in [-0.39, 0.29) is 11.7 Å².